The zero-order valence-corrected chi connectivity index (χ0v) is 11.1. The van der Waals surface area contributed by atoms with E-state index in [1.165, 1.54) is 25.6 Å². The summed E-state index contributed by atoms with van der Waals surface area (Å²) in [4.78, 5) is 14.1. The number of fused-ring (bicyclic) bond motifs is 1. The maximum Gasteiger partial charge on any atom is 0.338 e. The van der Waals surface area contributed by atoms with E-state index in [0.29, 0.717) is 5.56 Å². The number of anilines is 1. The molecule has 0 amide bonds. The second kappa shape index (κ2) is 4.92. The molecule has 0 aromatic heterocycles. The maximum absolute atomic E-state index is 11.7. The Kier molecular flexibility index (Phi) is 3.11. The van der Waals surface area contributed by atoms with E-state index in [1.54, 1.807) is 0 Å². The lowest BCUT2D eigenvalue weighted by molar-refractivity contribution is 0.0603. The highest BCUT2D eigenvalue weighted by Crippen LogP contribution is 2.27. The molecule has 1 saturated heterocycles. The van der Waals surface area contributed by atoms with E-state index in [-0.39, 0.29) is 5.97 Å². The van der Waals surface area contributed by atoms with Gasteiger partial charge in [0.25, 0.3) is 0 Å². The molecule has 0 atom stereocenters. The van der Waals surface area contributed by atoms with E-state index in [4.69, 9.17) is 4.74 Å². The molecule has 0 unspecified atom stereocenters. The van der Waals surface area contributed by atoms with E-state index in [2.05, 4.69) is 17.0 Å². The monoisotopic (exact) mass is 255 g/mol. The zero-order chi connectivity index (χ0) is 13.2. The van der Waals surface area contributed by atoms with E-state index in [1.807, 2.05) is 24.3 Å². The number of rotatable bonds is 2. The highest BCUT2D eigenvalue weighted by Gasteiger charge is 2.14. The summed E-state index contributed by atoms with van der Waals surface area (Å²) in [5.41, 5.74) is 1.87. The third kappa shape index (κ3) is 2.16. The molecule has 1 aliphatic rings. The first-order chi connectivity index (χ1) is 9.29. The van der Waals surface area contributed by atoms with Gasteiger partial charge < -0.3 is 9.64 Å². The van der Waals surface area contributed by atoms with Crippen LogP contribution < -0.4 is 4.90 Å². The van der Waals surface area contributed by atoms with Crippen LogP contribution in [0, 0.1) is 0 Å². The maximum atomic E-state index is 11.7. The van der Waals surface area contributed by atoms with Gasteiger partial charge in [-0.1, -0.05) is 18.2 Å². The fourth-order valence-corrected chi connectivity index (χ4v) is 2.73. The van der Waals surface area contributed by atoms with Crippen molar-refractivity contribution in [2.24, 2.45) is 0 Å². The smallest absolute Gasteiger partial charge is 0.338 e. The van der Waals surface area contributed by atoms with Crippen LogP contribution in [0.3, 0.4) is 0 Å². The van der Waals surface area contributed by atoms with Crippen LogP contribution in [0.15, 0.2) is 36.4 Å². The third-order valence-electron chi connectivity index (χ3n) is 3.74. The van der Waals surface area contributed by atoms with Gasteiger partial charge in [0.2, 0.25) is 0 Å². The Labute approximate surface area is 112 Å². The van der Waals surface area contributed by atoms with Crippen molar-refractivity contribution in [3.8, 4) is 0 Å². The Morgan fingerprint density at radius 2 is 1.95 bits per heavy atom. The molecule has 19 heavy (non-hydrogen) atoms. The fourth-order valence-electron chi connectivity index (χ4n) is 2.73. The van der Waals surface area contributed by atoms with Gasteiger partial charge in [-0.15, -0.1) is 0 Å². The summed E-state index contributed by atoms with van der Waals surface area (Å²) in [7, 11) is 1.42. The van der Waals surface area contributed by atoms with Gasteiger partial charge in [0.05, 0.1) is 12.7 Å². The molecule has 1 fully saturated rings. The molecule has 1 heterocycles. The summed E-state index contributed by atoms with van der Waals surface area (Å²) in [5.74, 6) is -0.278. The Bertz CT molecular complexity index is 615. The van der Waals surface area contributed by atoms with Crippen LogP contribution in [-0.4, -0.2) is 26.2 Å². The average Bonchev–Trinajstić information content (AvgIpc) is 2.99. The van der Waals surface area contributed by atoms with Crippen LogP contribution in [-0.2, 0) is 4.74 Å². The Hall–Kier alpha value is -2.03. The third-order valence-corrected chi connectivity index (χ3v) is 3.74. The minimum atomic E-state index is -0.278. The Morgan fingerprint density at radius 3 is 2.68 bits per heavy atom. The molecule has 0 radical (unpaired) electrons. The van der Waals surface area contributed by atoms with E-state index in [9.17, 15) is 4.79 Å². The first-order valence-electron chi connectivity index (χ1n) is 6.65. The fraction of sp³-hybridized carbons (Fsp3) is 0.312. The summed E-state index contributed by atoms with van der Waals surface area (Å²) in [5, 5.41) is 2.05. The molecule has 98 valence electrons. The van der Waals surface area contributed by atoms with Gasteiger partial charge in [-0.25, -0.2) is 4.79 Å². The molecule has 0 spiro atoms. The number of hydrogen-bond donors (Lipinski definition) is 0. The molecular weight excluding hydrogens is 238 g/mol. The van der Waals surface area contributed by atoms with Crippen LogP contribution >= 0.6 is 0 Å². The SMILES string of the molecule is COC(=O)c1cccc2cc(N3CCCC3)ccc12. The molecule has 0 saturated carbocycles. The Morgan fingerprint density at radius 1 is 1.16 bits per heavy atom. The number of carbonyl (C=O) groups is 1. The van der Waals surface area contributed by atoms with Gasteiger partial charge in [0.15, 0.2) is 0 Å². The largest absolute Gasteiger partial charge is 0.465 e. The van der Waals surface area contributed by atoms with Crippen molar-refractivity contribution in [3.05, 3.63) is 42.0 Å². The Balaban J connectivity index is 2.06. The summed E-state index contributed by atoms with van der Waals surface area (Å²) < 4.78 is 4.83. The molecule has 2 aromatic carbocycles. The number of ether oxygens (including phenoxy) is 1. The van der Waals surface area contributed by atoms with Crippen molar-refractivity contribution >= 4 is 22.4 Å². The normalized spacial score (nSPS) is 14.9. The second-order valence-electron chi connectivity index (χ2n) is 4.90. The van der Waals surface area contributed by atoms with Crippen molar-refractivity contribution in [2.45, 2.75) is 12.8 Å². The van der Waals surface area contributed by atoms with Crippen molar-refractivity contribution in [2.75, 3.05) is 25.1 Å². The first-order valence-corrected chi connectivity index (χ1v) is 6.65. The van der Waals surface area contributed by atoms with Crippen LogP contribution in [0.2, 0.25) is 0 Å². The lowest BCUT2D eigenvalue weighted by Crippen LogP contribution is -2.17. The molecule has 0 aliphatic carbocycles. The molecule has 2 aromatic rings. The van der Waals surface area contributed by atoms with E-state index < -0.39 is 0 Å². The van der Waals surface area contributed by atoms with Crippen molar-refractivity contribution in [1.82, 2.24) is 0 Å². The minimum absolute atomic E-state index is 0.278. The van der Waals surface area contributed by atoms with Crippen molar-refractivity contribution < 1.29 is 9.53 Å². The number of benzene rings is 2. The van der Waals surface area contributed by atoms with Gasteiger partial charge in [-0.05, 0) is 41.8 Å². The molecule has 0 bridgehead atoms. The molecular formula is C16H17NO2. The number of esters is 1. The summed E-state index contributed by atoms with van der Waals surface area (Å²) in [6.07, 6.45) is 2.53. The van der Waals surface area contributed by atoms with Gasteiger partial charge in [0, 0.05) is 18.8 Å². The predicted octanol–water partition coefficient (Wildman–Crippen LogP) is 3.23. The lowest BCUT2D eigenvalue weighted by Gasteiger charge is -2.18. The molecule has 1 aliphatic heterocycles. The van der Waals surface area contributed by atoms with E-state index >= 15 is 0 Å². The van der Waals surface area contributed by atoms with Gasteiger partial charge in [-0.2, -0.15) is 0 Å². The number of hydrogen-bond acceptors (Lipinski definition) is 3. The van der Waals surface area contributed by atoms with Crippen LogP contribution in [0.1, 0.15) is 23.2 Å². The molecule has 3 rings (SSSR count). The standard InChI is InChI=1S/C16H17NO2/c1-19-16(18)15-6-4-5-12-11-13(7-8-14(12)15)17-9-2-3-10-17/h4-8,11H,2-3,9-10H2,1H3. The van der Waals surface area contributed by atoms with Gasteiger partial charge >= 0.3 is 5.97 Å². The minimum Gasteiger partial charge on any atom is -0.465 e. The molecule has 0 N–H and O–H groups in total. The number of nitrogens with zero attached hydrogens (tertiary/aromatic N) is 1. The predicted molar refractivity (Wildman–Crippen MR) is 76.7 cm³/mol. The quantitative estimate of drug-likeness (QED) is 0.772. The van der Waals surface area contributed by atoms with Crippen molar-refractivity contribution in [1.29, 1.82) is 0 Å². The average molecular weight is 255 g/mol. The lowest BCUT2D eigenvalue weighted by atomic mass is 10.0. The summed E-state index contributed by atoms with van der Waals surface area (Å²) >= 11 is 0. The van der Waals surface area contributed by atoms with Crippen LogP contribution in [0.4, 0.5) is 5.69 Å². The topological polar surface area (TPSA) is 29.5 Å². The summed E-state index contributed by atoms with van der Waals surface area (Å²) in [6, 6.07) is 12.0. The number of methoxy groups -OCH3 is 1. The highest BCUT2D eigenvalue weighted by molar-refractivity contribution is 6.05. The second-order valence-corrected chi connectivity index (χ2v) is 4.90. The van der Waals surface area contributed by atoms with Gasteiger partial charge in [-0.3, -0.25) is 0 Å². The molecule has 3 heteroatoms. The van der Waals surface area contributed by atoms with Crippen LogP contribution in [0.25, 0.3) is 10.8 Å². The highest BCUT2D eigenvalue weighted by atomic mass is 16.5. The number of carbonyl (C=O) groups excluding carboxylic acids is 1. The van der Waals surface area contributed by atoms with Gasteiger partial charge in [0.1, 0.15) is 0 Å². The molecule has 3 nitrogen and oxygen atoms in total. The first kappa shape index (κ1) is 12.0. The van der Waals surface area contributed by atoms with Crippen LogP contribution in [0.5, 0.6) is 0 Å². The summed E-state index contributed by atoms with van der Waals surface area (Å²) in [6.45, 7) is 2.25. The van der Waals surface area contributed by atoms with Crippen molar-refractivity contribution in [3.63, 3.8) is 0 Å². The van der Waals surface area contributed by atoms with E-state index in [0.717, 1.165) is 23.9 Å². The zero-order valence-electron chi connectivity index (χ0n) is 11.1.